The lowest BCUT2D eigenvalue weighted by atomic mass is 9.33. The van der Waals surface area contributed by atoms with Crippen LogP contribution in [0, 0.1) is 6.92 Å². The van der Waals surface area contributed by atoms with Gasteiger partial charge in [0.05, 0.1) is 43.0 Å². The molecule has 0 radical (unpaired) electrons. The summed E-state index contributed by atoms with van der Waals surface area (Å²) < 4.78 is 73.0. The average Bonchev–Trinajstić information content (AvgIpc) is 1.42. The summed E-state index contributed by atoms with van der Waals surface area (Å²) in [6.07, 6.45) is 0. The van der Waals surface area contributed by atoms with Gasteiger partial charge in [0.15, 0.2) is 0 Å². The Morgan fingerprint density at radius 1 is 0.242 bits per heavy atom. The van der Waals surface area contributed by atoms with E-state index in [4.69, 9.17) is 0 Å². The fraction of sp³-hybridized carbons (Fsp3) is 0.366. The standard InChI is InChI=1S/C123H141BN4/c1-74-38-37-41-104-109(74)89-39-35-36-40-101(89)126(104)87-55-59-100-106(73-87)127(111-90(75-42-46-77(47-43-75)113(2,3)4)65-83(119(20,21)22)67-95(111)88-56-50-82(118(17,18)19)69-98(88)123(32,33)34)107-70-85(121(26,27)28)71-108-110(107)124(100)99-58-54-86(125-102-60-52-80(116(11,12)13)63-93(102)94-64-81(117(14,15)16)53-61-103(94)125)72-105(99)128(108)112-91(76-44-48-78(49-45-76)114(5,6)7)66-84(120(23,24)25)68-96(112)92-62-79(115(8,9)10)51-57-97(92)122(29,30)31/h35-73H,1-34H3/i35D,36D,37D,38D,39D,40D,41D. The van der Waals surface area contributed by atoms with E-state index in [1.807, 2.05) is 4.57 Å². The zero-order valence-electron chi connectivity index (χ0n) is 90.3. The van der Waals surface area contributed by atoms with Gasteiger partial charge in [-0.2, -0.15) is 0 Å². The minimum Gasteiger partial charge on any atom is -0.310 e. The molecule has 0 atom stereocenters. The fourth-order valence-corrected chi connectivity index (χ4v) is 19.9. The molecule has 0 N–H and O–H groups in total. The molecule has 0 saturated carbocycles. The maximum absolute atomic E-state index is 10.3. The molecule has 0 spiro atoms. The minimum absolute atomic E-state index is 0.145. The Morgan fingerprint density at radius 3 is 1.02 bits per heavy atom. The van der Waals surface area contributed by atoms with E-state index in [1.54, 1.807) is 6.92 Å². The summed E-state index contributed by atoms with van der Waals surface area (Å²) in [5, 5.41) is 2.94. The van der Waals surface area contributed by atoms with Crippen LogP contribution in [0.15, 0.2) is 236 Å². The van der Waals surface area contributed by atoms with Gasteiger partial charge in [-0.15, -0.1) is 0 Å². The quantitative estimate of drug-likeness (QED) is 0.141. The first-order chi connectivity index (χ1) is 62.3. The number of hydrogen-bond acceptors (Lipinski definition) is 2. The molecule has 5 heteroatoms. The third-order valence-corrected chi connectivity index (χ3v) is 27.8. The Labute approximate surface area is 778 Å². The van der Waals surface area contributed by atoms with Gasteiger partial charge in [0.1, 0.15) is 0 Å². The highest BCUT2D eigenvalue weighted by atomic mass is 15.2. The van der Waals surface area contributed by atoms with Crippen molar-refractivity contribution in [1.82, 2.24) is 9.13 Å². The smallest absolute Gasteiger partial charge is 0.252 e. The summed E-state index contributed by atoms with van der Waals surface area (Å²) in [7, 11) is 0. The summed E-state index contributed by atoms with van der Waals surface area (Å²) in [6, 6.07) is 74.8. The maximum atomic E-state index is 10.3. The van der Waals surface area contributed by atoms with Gasteiger partial charge in [-0.25, -0.2) is 0 Å². The SMILES string of the molecule is [2H]c1c([2H])c([2H])c2c(c1[2H])c1c(C)c([2H])c([2H])c([2H])c1n2-c1ccc2c(c1)N(c1c(-c3ccc(C(C)(C)C)cc3)cc(C(C)(C)C)cc1-c1ccc(C(C)(C)C)cc1C(C)(C)C)c1cc(C(C)(C)C)cc3c1B2c1ccc(-n2c4ccc(C(C)(C)C)cc4c4cc(C(C)(C)C)ccc42)cc1N3c1c(-c2ccc(C(C)(C)C)cc2)cc(C(C)(C)C)cc1-c1cc(C(C)(C)C)ccc1C(C)(C)C. The number of aryl methyl sites for hydroxylation is 1. The number of anilines is 6. The maximum Gasteiger partial charge on any atom is 0.252 e. The van der Waals surface area contributed by atoms with Gasteiger partial charge in [0, 0.05) is 77.9 Å². The van der Waals surface area contributed by atoms with Gasteiger partial charge in [-0.05, 0) is 269 Å². The van der Waals surface area contributed by atoms with Crippen LogP contribution >= 0.6 is 0 Å². The molecule has 4 nitrogen and oxygen atoms in total. The van der Waals surface area contributed by atoms with E-state index >= 15 is 0 Å². The van der Waals surface area contributed by atoms with E-state index in [1.165, 1.54) is 66.4 Å². The normalized spacial score (nSPS) is 14.7. The van der Waals surface area contributed by atoms with Gasteiger partial charge >= 0.3 is 0 Å². The van der Waals surface area contributed by atoms with E-state index in [0.717, 1.165) is 117 Å². The van der Waals surface area contributed by atoms with Crippen LogP contribution < -0.4 is 26.2 Å². The van der Waals surface area contributed by atoms with Gasteiger partial charge in [-0.3, -0.25) is 0 Å². The molecule has 0 saturated heterocycles. The summed E-state index contributed by atoms with van der Waals surface area (Å²) in [6.45, 7) is 78.2. The fourth-order valence-electron chi connectivity index (χ4n) is 19.9. The molecular weight excluding hydrogens is 1540 g/mol. The van der Waals surface area contributed by atoms with E-state index < -0.39 is 29.6 Å². The molecule has 2 aromatic heterocycles. The third-order valence-electron chi connectivity index (χ3n) is 27.8. The van der Waals surface area contributed by atoms with Crippen LogP contribution in [0.5, 0.6) is 0 Å². The van der Waals surface area contributed by atoms with Crippen molar-refractivity contribution in [2.45, 2.75) is 295 Å². The topological polar surface area (TPSA) is 16.3 Å². The van der Waals surface area contributed by atoms with Gasteiger partial charge in [0.25, 0.3) is 6.71 Å². The van der Waals surface area contributed by atoms with Crippen molar-refractivity contribution >= 4 is 101 Å². The molecule has 0 fully saturated rings. The molecule has 13 aromatic carbocycles. The number of rotatable bonds is 8. The predicted molar refractivity (Wildman–Crippen MR) is 561 cm³/mol. The van der Waals surface area contributed by atoms with Crippen molar-refractivity contribution in [3.63, 3.8) is 0 Å². The van der Waals surface area contributed by atoms with E-state index in [2.05, 4.69) is 437 Å². The number of fused-ring (bicyclic) bond motifs is 10. The van der Waals surface area contributed by atoms with Crippen LogP contribution in [-0.4, -0.2) is 15.8 Å². The molecule has 656 valence electrons. The summed E-state index contributed by atoms with van der Waals surface area (Å²) in [5.41, 5.74) is 32.4. The zero-order chi connectivity index (χ0) is 98.6. The van der Waals surface area contributed by atoms with Crippen LogP contribution in [0.2, 0.25) is 0 Å². The lowest BCUT2D eigenvalue weighted by Gasteiger charge is -2.47. The molecule has 0 bridgehead atoms. The first-order valence-electron chi connectivity index (χ1n) is 50.3. The van der Waals surface area contributed by atoms with Crippen LogP contribution in [0.1, 0.15) is 305 Å². The van der Waals surface area contributed by atoms with Crippen molar-refractivity contribution in [3.8, 4) is 55.9 Å². The van der Waals surface area contributed by atoms with Gasteiger partial charge < -0.3 is 18.9 Å². The lowest BCUT2D eigenvalue weighted by molar-refractivity contribution is 0.569. The summed E-state index contributed by atoms with van der Waals surface area (Å²) >= 11 is 0. The lowest BCUT2D eigenvalue weighted by Crippen LogP contribution is -2.61. The highest BCUT2D eigenvalue weighted by Gasteiger charge is 2.48. The van der Waals surface area contributed by atoms with Crippen molar-refractivity contribution in [2.75, 3.05) is 9.80 Å². The van der Waals surface area contributed by atoms with E-state index in [9.17, 15) is 9.60 Å². The average molecular weight is 1690 g/mol. The molecule has 0 aliphatic carbocycles. The molecule has 128 heavy (non-hydrogen) atoms. The second-order valence-electron chi connectivity index (χ2n) is 48.9. The number of nitrogens with zero attached hydrogens (tertiary/aromatic N) is 4. The largest absolute Gasteiger partial charge is 0.310 e. The van der Waals surface area contributed by atoms with Crippen molar-refractivity contribution in [1.29, 1.82) is 0 Å². The Morgan fingerprint density at radius 2 is 0.594 bits per heavy atom. The number of hydrogen-bond donors (Lipinski definition) is 0. The van der Waals surface area contributed by atoms with Crippen LogP contribution in [0.4, 0.5) is 34.1 Å². The van der Waals surface area contributed by atoms with Crippen LogP contribution in [0.3, 0.4) is 0 Å². The number of benzene rings is 13. The Balaban J connectivity index is 1.15. The van der Waals surface area contributed by atoms with Gasteiger partial charge in [0.2, 0.25) is 0 Å². The second kappa shape index (κ2) is 30.1. The highest BCUT2D eigenvalue weighted by molar-refractivity contribution is 7.00. The molecule has 15 aromatic rings. The molecule has 2 aliphatic heterocycles. The predicted octanol–water partition coefficient (Wildman–Crippen LogP) is 33.2. The van der Waals surface area contributed by atoms with Crippen molar-refractivity contribution < 1.29 is 9.60 Å². The van der Waals surface area contributed by atoms with E-state index in [-0.39, 0.29) is 95.4 Å². The van der Waals surface area contributed by atoms with Gasteiger partial charge in [-0.1, -0.05) is 368 Å². The molecular formula is C123H141BN4. The Kier molecular flexibility index (Phi) is 18.9. The van der Waals surface area contributed by atoms with Crippen LogP contribution in [-0.2, 0) is 59.6 Å². The third kappa shape index (κ3) is 15.6. The number of aromatic nitrogens is 2. The minimum atomic E-state index is -0.541. The second-order valence-corrected chi connectivity index (χ2v) is 48.9. The highest BCUT2D eigenvalue weighted by Crippen LogP contribution is 2.58. The first-order valence-corrected chi connectivity index (χ1v) is 46.8. The monoisotopic (exact) mass is 1690 g/mol. The molecule has 4 heterocycles. The summed E-state index contributed by atoms with van der Waals surface area (Å²) in [5.74, 6) is 0. The molecule has 0 amide bonds. The molecule has 2 aliphatic rings. The van der Waals surface area contributed by atoms with E-state index in [0.29, 0.717) is 16.6 Å². The zero-order valence-corrected chi connectivity index (χ0v) is 83.3. The summed E-state index contributed by atoms with van der Waals surface area (Å²) in [4.78, 5) is 5.36. The number of para-hydroxylation sites is 1. The molecule has 17 rings (SSSR count). The first kappa shape index (κ1) is 80.4. The Hall–Kier alpha value is -10.9. The van der Waals surface area contributed by atoms with Crippen molar-refractivity contribution in [2.24, 2.45) is 0 Å². The Bertz CT molecular complexity index is 7290. The molecule has 0 unspecified atom stereocenters. The van der Waals surface area contributed by atoms with Crippen LogP contribution in [0.25, 0.3) is 99.5 Å². The van der Waals surface area contributed by atoms with Crippen molar-refractivity contribution in [3.05, 3.63) is 303 Å².